The molecule has 1 fully saturated rings. The average molecular weight is 132 g/mol. The third kappa shape index (κ3) is 1.65. The van der Waals surface area contributed by atoms with E-state index in [0.29, 0.717) is 13.2 Å². The molecule has 1 rings (SSSR count). The van der Waals surface area contributed by atoms with Crippen molar-refractivity contribution in [2.75, 3.05) is 13.2 Å². The van der Waals surface area contributed by atoms with Crippen LogP contribution >= 0.6 is 0 Å². The molecule has 2 heteroatoms. The molecular formula is C7H13FO. The van der Waals surface area contributed by atoms with E-state index >= 15 is 0 Å². The van der Waals surface area contributed by atoms with E-state index in [-0.39, 0.29) is 5.92 Å². The molecule has 0 spiro atoms. The maximum atomic E-state index is 12.7. The zero-order valence-corrected chi connectivity index (χ0v) is 5.77. The van der Waals surface area contributed by atoms with E-state index in [2.05, 4.69) is 6.92 Å². The van der Waals surface area contributed by atoms with Gasteiger partial charge in [0.2, 0.25) is 0 Å². The van der Waals surface area contributed by atoms with Gasteiger partial charge in [-0.15, -0.1) is 0 Å². The van der Waals surface area contributed by atoms with Crippen molar-refractivity contribution in [3.05, 3.63) is 0 Å². The first-order valence-corrected chi connectivity index (χ1v) is 3.56. The monoisotopic (exact) mass is 132 g/mol. The second-order valence-corrected chi connectivity index (χ2v) is 2.60. The average Bonchev–Trinajstić information content (AvgIpc) is 2.18. The molecule has 0 aromatic carbocycles. The number of hydrogen-bond donors (Lipinski definition) is 0. The Morgan fingerprint density at radius 2 is 2.33 bits per heavy atom. The molecular weight excluding hydrogens is 119 g/mol. The van der Waals surface area contributed by atoms with Crippen LogP contribution in [0.25, 0.3) is 0 Å². The summed E-state index contributed by atoms with van der Waals surface area (Å²) in [6.07, 6.45) is 1.35. The highest BCUT2D eigenvalue weighted by molar-refractivity contribution is 4.73. The molecule has 54 valence electrons. The van der Waals surface area contributed by atoms with Gasteiger partial charge in [0.05, 0.1) is 13.2 Å². The van der Waals surface area contributed by atoms with E-state index < -0.39 is 6.17 Å². The highest BCUT2D eigenvalue weighted by Crippen LogP contribution is 2.21. The van der Waals surface area contributed by atoms with Crippen molar-refractivity contribution in [2.24, 2.45) is 5.92 Å². The van der Waals surface area contributed by atoms with Crippen LogP contribution in [0.1, 0.15) is 19.8 Å². The maximum absolute atomic E-state index is 12.7. The maximum Gasteiger partial charge on any atom is 0.128 e. The van der Waals surface area contributed by atoms with Crippen LogP contribution in [0.5, 0.6) is 0 Å². The van der Waals surface area contributed by atoms with Crippen molar-refractivity contribution in [1.29, 1.82) is 0 Å². The lowest BCUT2D eigenvalue weighted by molar-refractivity contribution is 0.172. The molecule has 1 aliphatic rings. The molecule has 1 saturated heterocycles. The second kappa shape index (κ2) is 3.16. The Kier molecular flexibility index (Phi) is 2.46. The zero-order chi connectivity index (χ0) is 6.69. The van der Waals surface area contributed by atoms with E-state index in [0.717, 1.165) is 12.8 Å². The minimum atomic E-state index is -0.690. The third-order valence-electron chi connectivity index (χ3n) is 1.78. The predicted octanol–water partition coefficient (Wildman–Crippen LogP) is 1.77. The lowest BCUT2D eigenvalue weighted by atomic mass is 10.0. The Labute approximate surface area is 55.2 Å². The fourth-order valence-electron chi connectivity index (χ4n) is 1.21. The Morgan fingerprint density at radius 3 is 2.78 bits per heavy atom. The van der Waals surface area contributed by atoms with Gasteiger partial charge in [0.25, 0.3) is 0 Å². The molecule has 1 unspecified atom stereocenters. The van der Waals surface area contributed by atoms with E-state index in [9.17, 15) is 4.39 Å². The van der Waals surface area contributed by atoms with E-state index in [4.69, 9.17) is 4.74 Å². The Morgan fingerprint density at radius 1 is 1.56 bits per heavy atom. The van der Waals surface area contributed by atoms with Gasteiger partial charge in [-0.25, -0.2) is 4.39 Å². The summed E-state index contributed by atoms with van der Waals surface area (Å²) in [6, 6.07) is 0. The normalized spacial score (nSPS) is 35.3. The molecule has 2 atom stereocenters. The summed E-state index contributed by atoms with van der Waals surface area (Å²) >= 11 is 0. The second-order valence-electron chi connectivity index (χ2n) is 2.60. The third-order valence-corrected chi connectivity index (χ3v) is 1.78. The van der Waals surface area contributed by atoms with Gasteiger partial charge in [-0.05, 0) is 6.42 Å². The van der Waals surface area contributed by atoms with Crippen LogP contribution in [0, 0.1) is 5.92 Å². The summed E-state index contributed by atoms with van der Waals surface area (Å²) < 4.78 is 17.6. The minimum Gasteiger partial charge on any atom is -0.378 e. The van der Waals surface area contributed by atoms with Gasteiger partial charge in [-0.2, -0.15) is 0 Å². The van der Waals surface area contributed by atoms with Crippen molar-refractivity contribution in [3.8, 4) is 0 Å². The van der Waals surface area contributed by atoms with E-state index in [1.54, 1.807) is 0 Å². The number of rotatable bonds is 2. The van der Waals surface area contributed by atoms with Crippen molar-refractivity contribution in [2.45, 2.75) is 25.9 Å². The standard InChI is InChI=1S/C7H13FO/c1-2-3-6-4-9-5-7(6)8/h6-7H,2-5H2,1H3/t6?,7-/m1/s1. The van der Waals surface area contributed by atoms with Gasteiger partial charge in [0, 0.05) is 5.92 Å². The van der Waals surface area contributed by atoms with E-state index in [1.807, 2.05) is 0 Å². The lowest BCUT2D eigenvalue weighted by Crippen LogP contribution is -2.11. The van der Waals surface area contributed by atoms with Crippen molar-refractivity contribution in [1.82, 2.24) is 0 Å². The van der Waals surface area contributed by atoms with Gasteiger partial charge >= 0.3 is 0 Å². The summed E-state index contributed by atoms with van der Waals surface area (Å²) in [7, 11) is 0. The first kappa shape index (κ1) is 7.00. The summed E-state index contributed by atoms with van der Waals surface area (Å²) in [5, 5.41) is 0. The Hall–Kier alpha value is -0.110. The van der Waals surface area contributed by atoms with Crippen LogP contribution in [0.4, 0.5) is 4.39 Å². The molecule has 0 aliphatic carbocycles. The molecule has 0 bridgehead atoms. The van der Waals surface area contributed by atoms with Crippen LogP contribution in [0.2, 0.25) is 0 Å². The van der Waals surface area contributed by atoms with Crippen LogP contribution in [0.15, 0.2) is 0 Å². The first-order chi connectivity index (χ1) is 4.34. The largest absolute Gasteiger partial charge is 0.378 e. The molecule has 0 aromatic rings. The fourth-order valence-corrected chi connectivity index (χ4v) is 1.21. The van der Waals surface area contributed by atoms with Gasteiger partial charge in [-0.1, -0.05) is 13.3 Å². The summed E-state index contributed by atoms with van der Waals surface area (Å²) in [5.74, 6) is 0.190. The lowest BCUT2D eigenvalue weighted by Gasteiger charge is -2.06. The van der Waals surface area contributed by atoms with Crippen LogP contribution in [-0.4, -0.2) is 19.4 Å². The highest BCUT2D eigenvalue weighted by Gasteiger charge is 2.26. The molecule has 9 heavy (non-hydrogen) atoms. The molecule has 0 saturated carbocycles. The molecule has 0 radical (unpaired) electrons. The predicted molar refractivity (Wildman–Crippen MR) is 34.1 cm³/mol. The van der Waals surface area contributed by atoms with Crippen LogP contribution < -0.4 is 0 Å². The molecule has 0 N–H and O–H groups in total. The van der Waals surface area contributed by atoms with Gasteiger partial charge < -0.3 is 4.74 Å². The molecule has 1 nitrogen and oxygen atoms in total. The molecule has 0 aromatic heterocycles. The minimum absolute atomic E-state index is 0.190. The molecule has 0 amide bonds. The van der Waals surface area contributed by atoms with Gasteiger partial charge in [0.15, 0.2) is 0 Å². The number of hydrogen-bond acceptors (Lipinski definition) is 1. The van der Waals surface area contributed by atoms with Crippen molar-refractivity contribution in [3.63, 3.8) is 0 Å². The van der Waals surface area contributed by atoms with Gasteiger partial charge in [0.1, 0.15) is 6.17 Å². The summed E-state index contributed by atoms with van der Waals surface area (Å²) in [4.78, 5) is 0. The quantitative estimate of drug-likeness (QED) is 0.556. The SMILES string of the molecule is CCCC1COC[C@H]1F. The Bertz CT molecular complexity index is 85.0. The highest BCUT2D eigenvalue weighted by atomic mass is 19.1. The van der Waals surface area contributed by atoms with Crippen molar-refractivity contribution < 1.29 is 9.13 Å². The topological polar surface area (TPSA) is 9.23 Å². The van der Waals surface area contributed by atoms with Gasteiger partial charge in [-0.3, -0.25) is 0 Å². The van der Waals surface area contributed by atoms with Crippen molar-refractivity contribution >= 4 is 0 Å². The number of ether oxygens (including phenoxy) is 1. The number of halogens is 1. The van der Waals surface area contributed by atoms with E-state index in [1.165, 1.54) is 0 Å². The fraction of sp³-hybridized carbons (Fsp3) is 1.00. The van der Waals surface area contributed by atoms with Crippen LogP contribution in [-0.2, 0) is 4.74 Å². The Balaban J connectivity index is 2.22. The summed E-state index contributed by atoms with van der Waals surface area (Å²) in [5.41, 5.74) is 0. The summed E-state index contributed by atoms with van der Waals surface area (Å²) in [6.45, 7) is 3.03. The smallest absolute Gasteiger partial charge is 0.128 e. The van der Waals surface area contributed by atoms with Crippen LogP contribution in [0.3, 0.4) is 0 Å². The molecule has 1 heterocycles. The molecule has 1 aliphatic heterocycles. The number of alkyl halides is 1. The first-order valence-electron chi connectivity index (χ1n) is 3.56. The zero-order valence-electron chi connectivity index (χ0n) is 5.77.